The van der Waals surface area contributed by atoms with Gasteiger partial charge < -0.3 is 4.57 Å². The third kappa shape index (κ3) is 2.06. The molecule has 4 rings (SSSR count). The molecule has 0 amide bonds. The Morgan fingerprint density at radius 1 is 0.727 bits per heavy atom. The van der Waals surface area contributed by atoms with Crippen LogP contribution in [-0.4, -0.2) is 4.57 Å². The lowest BCUT2D eigenvalue weighted by Gasteiger charge is -2.10. The summed E-state index contributed by atoms with van der Waals surface area (Å²) in [4.78, 5) is 0. The summed E-state index contributed by atoms with van der Waals surface area (Å²) in [6, 6.07) is 21.8. The Morgan fingerprint density at radius 3 is 2.18 bits per heavy atom. The maximum absolute atomic E-state index is 3.60. The van der Waals surface area contributed by atoms with Crippen molar-refractivity contribution in [1.29, 1.82) is 0 Å². The Labute approximate surface area is 138 Å². The van der Waals surface area contributed by atoms with Crippen molar-refractivity contribution in [3.05, 3.63) is 76.3 Å². The van der Waals surface area contributed by atoms with Gasteiger partial charge in [-0.25, -0.2) is 0 Å². The second kappa shape index (κ2) is 4.99. The number of para-hydroxylation sites is 1. The number of hydrogen-bond donors (Lipinski definition) is 0. The average molecular weight is 350 g/mol. The minimum Gasteiger partial charge on any atom is -0.309 e. The van der Waals surface area contributed by atoms with Crippen LogP contribution in [0.5, 0.6) is 0 Å². The molecule has 0 aliphatic heterocycles. The van der Waals surface area contributed by atoms with E-state index in [-0.39, 0.29) is 0 Å². The normalized spacial score (nSPS) is 11.4. The third-order valence-corrected chi connectivity index (χ3v) is 4.59. The van der Waals surface area contributed by atoms with Gasteiger partial charge in [-0.2, -0.15) is 0 Å². The van der Waals surface area contributed by atoms with Gasteiger partial charge in [-0.1, -0.05) is 40.2 Å². The molecule has 2 heteroatoms. The molecule has 4 aromatic rings. The van der Waals surface area contributed by atoms with E-state index in [2.05, 4.69) is 95.0 Å². The van der Waals surface area contributed by atoms with Crippen LogP contribution < -0.4 is 0 Å². The number of benzene rings is 3. The highest BCUT2D eigenvalue weighted by molar-refractivity contribution is 9.10. The minimum absolute atomic E-state index is 1.11. The predicted octanol–water partition coefficient (Wildman–Crippen LogP) is 6.16. The number of aromatic nitrogens is 1. The fourth-order valence-electron chi connectivity index (χ4n) is 3.30. The van der Waals surface area contributed by atoms with Gasteiger partial charge in [0, 0.05) is 20.9 Å². The van der Waals surface area contributed by atoms with Gasteiger partial charge in [0.15, 0.2) is 0 Å². The van der Waals surface area contributed by atoms with Crippen molar-refractivity contribution in [2.24, 2.45) is 0 Å². The molecule has 0 bridgehead atoms. The Kier molecular flexibility index (Phi) is 3.08. The molecule has 0 N–H and O–H groups in total. The van der Waals surface area contributed by atoms with Crippen LogP contribution in [0.25, 0.3) is 27.5 Å². The second-order valence-electron chi connectivity index (χ2n) is 5.86. The zero-order chi connectivity index (χ0) is 15.3. The molecular formula is C20H16BrN. The first kappa shape index (κ1) is 13.6. The highest BCUT2D eigenvalue weighted by atomic mass is 79.9. The summed E-state index contributed by atoms with van der Waals surface area (Å²) in [5, 5.41) is 2.57. The monoisotopic (exact) mass is 349 g/mol. The zero-order valence-electron chi connectivity index (χ0n) is 12.6. The Balaban J connectivity index is 2.19. The summed E-state index contributed by atoms with van der Waals surface area (Å²) < 4.78 is 3.47. The van der Waals surface area contributed by atoms with Gasteiger partial charge in [0.2, 0.25) is 0 Å². The highest BCUT2D eigenvalue weighted by Gasteiger charge is 2.12. The molecule has 1 aromatic heterocycles. The fourth-order valence-corrected chi connectivity index (χ4v) is 3.66. The molecular weight excluding hydrogens is 334 g/mol. The van der Waals surface area contributed by atoms with Gasteiger partial charge in [0.25, 0.3) is 0 Å². The number of rotatable bonds is 1. The van der Waals surface area contributed by atoms with E-state index in [4.69, 9.17) is 0 Å². The molecule has 108 valence electrons. The van der Waals surface area contributed by atoms with E-state index in [1.807, 2.05) is 0 Å². The van der Waals surface area contributed by atoms with Crippen molar-refractivity contribution in [2.45, 2.75) is 13.8 Å². The van der Waals surface area contributed by atoms with Crippen molar-refractivity contribution in [1.82, 2.24) is 4.57 Å². The van der Waals surface area contributed by atoms with E-state index < -0.39 is 0 Å². The van der Waals surface area contributed by atoms with Crippen molar-refractivity contribution in [3.8, 4) is 5.69 Å². The summed E-state index contributed by atoms with van der Waals surface area (Å²) in [7, 11) is 0. The Hall–Kier alpha value is -2.06. The molecule has 0 aliphatic carbocycles. The van der Waals surface area contributed by atoms with E-state index in [0.717, 1.165) is 4.47 Å². The summed E-state index contributed by atoms with van der Waals surface area (Å²) in [5.74, 6) is 0. The van der Waals surface area contributed by atoms with Gasteiger partial charge in [0.1, 0.15) is 0 Å². The molecule has 0 atom stereocenters. The number of fused-ring (bicyclic) bond motifs is 3. The van der Waals surface area contributed by atoms with Crippen LogP contribution >= 0.6 is 15.9 Å². The molecule has 22 heavy (non-hydrogen) atoms. The summed E-state index contributed by atoms with van der Waals surface area (Å²) in [6.07, 6.45) is 0. The van der Waals surface area contributed by atoms with Crippen molar-refractivity contribution < 1.29 is 0 Å². The number of hydrogen-bond acceptors (Lipinski definition) is 0. The number of nitrogens with zero attached hydrogens (tertiary/aromatic N) is 1. The third-order valence-electron chi connectivity index (χ3n) is 4.10. The van der Waals surface area contributed by atoms with E-state index in [9.17, 15) is 0 Å². The largest absolute Gasteiger partial charge is 0.309 e. The molecule has 0 saturated carbocycles. The van der Waals surface area contributed by atoms with Gasteiger partial charge >= 0.3 is 0 Å². The van der Waals surface area contributed by atoms with Crippen molar-refractivity contribution >= 4 is 37.7 Å². The van der Waals surface area contributed by atoms with E-state index >= 15 is 0 Å². The van der Waals surface area contributed by atoms with Gasteiger partial charge in [0.05, 0.1) is 11.0 Å². The predicted molar refractivity (Wildman–Crippen MR) is 98.0 cm³/mol. The Bertz CT molecular complexity index is 991. The lowest BCUT2D eigenvalue weighted by atomic mass is 10.1. The highest BCUT2D eigenvalue weighted by Crippen LogP contribution is 2.33. The lowest BCUT2D eigenvalue weighted by Crippen LogP contribution is -1.95. The van der Waals surface area contributed by atoms with Crippen LogP contribution in [0.3, 0.4) is 0 Å². The van der Waals surface area contributed by atoms with Gasteiger partial charge in [-0.3, -0.25) is 0 Å². The Morgan fingerprint density at radius 2 is 1.41 bits per heavy atom. The summed E-state index contributed by atoms with van der Waals surface area (Å²) >= 11 is 3.60. The molecule has 0 saturated heterocycles. The molecule has 0 radical (unpaired) electrons. The van der Waals surface area contributed by atoms with E-state index in [1.165, 1.54) is 38.6 Å². The van der Waals surface area contributed by atoms with Crippen LogP contribution in [0.1, 0.15) is 11.1 Å². The summed E-state index contributed by atoms with van der Waals surface area (Å²) in [5.41, 5.74) is 6.30. The van der Waals surface area contributed by atoms with Gasteiger partial charge in [-0.15, -0.1) is 0 Å². The molecule has 0 fully saturated rings. The molecule has 3 aromatic carbocycles. The number of aryl methyl sites for hydroxylation is 2. The smallest absolute Gasteiger partial charge is 0.0541 e. The van der Waals surface area contributed by atoms with E-state index in [1.54, 1.807) is 0 Å². The first-order valence-electron chi connectivity index (χ1n) is 7.41. The van der Waals surface area contributed by atoms with E-state index in [0.29, 0.717) is 0 Å². The zero-order valence-corrected chi connectivity index (χ0v) is 14.2. The molecule has 1 nitrogen and oxygen atoms in total. The first-order valence-corrected chi connectivity index (χ1v) is 8.20. The van der Waals surface area contributed by atoms with Crippen LogP contribution in [-0.2, 0) is 0 Å². The fraction of sp³-hybridized carbons (Fsp3) is 0.100. The van der Waals surface area contributed by atoms with Crippen LogP contribution in [0.2, 0.25) is 0 Å². The van der Waals surface area contributed by atoms with Crippen LogP contribution in [0.4, 0.5) is 0 Å². The maximum atomic E-state index is 3.60. The molecule has 1 heterocycles. The second-order valence-corrected chi connectivity index (χ2v) is 6.78. The average Bonchev–Trinajstić information content (AvgIpc) is 2.80. The molecule has 0 unspecified atom stereocenters. The first-order chi connectivity index (χ1) is 10.6. The topological polar surface area (TPSA) is 4.93 Å². The summed E-state index contributed by atoms with van der Waals surface area (Å²) in [6.45, 7) is 4.31. The molecule has 0 spiro atoms. The van der Waals surface area contributed by atoms with Gasteiger partial charge in [-0.05, 0) is 61.4 Å². The SMILES string of the molecule is Cc1cc(C)cc(-n2c3ccccc3c3cc(Br)ccc32)c1. The standard InChI is InChI=1S/C20H16BrN/c1-13-9-14(2)11-16(10-13)22-19-6-4-3-5-17(19)18-12-15(21)7-8-20(18)22/h3-12H,1-2H3. The molecule has 0 aliphatic rings. The quantitative estimate of drug-likeness (QED) is 0.387. The minimum atomic E-state index is 1.11. The number of halogens is 1. The van der Waals surface area contributed by atoms with Crippen LogP contribution in [0, 0.1) is 13.8 Å². The van der Waals surface area contributed by atoms with Crippen LogP contribution in [0.15, 0.2) is 65.1 Å². The maximum Gasteiger partial charge on any atom is 0.0541 e. The lowest BCUT2D eigenvalue weighted by molar-refractivity contribution is 1.16. The van der Waals surface area contributed by atoms with Crippen molar-refractivity contribution in [3.63, 3.8) is 0 Å². The van der Waals surface area contributed by atoms with Crippen molar-refractivity contribution in [2.75, 3.05) is 0 Å².